The van der Waals surface area contributed by atoms with Crippen molar-refractivity contribution < 1.29 is 13.9 Å². The molecule has 0 spiro atoms. The van der Waals surface area contributed by atoms with Crippen LogP contribution in [0.15, 0.2) is 18.2 Å². The lowest BCUT2D eigenvalue weighted by Gasteiger charge is -2.15. The Hall–Kier alpha value is -1.38. The van der Waals surface area contributed by atoms with Crippen LogP contribution in [0.4, 0.5) is 4.39 Å². The Morgan fingerprint density at radius 1 is 1.28 bits per heavy atom. The van der Waals surface area contributed by atoms with E-state index in [0.717, 1.165) is 12.8 Å². The Bertz CT molecular complexity index is 377. The number of unbranched alkanes of at least 4 members (excludes halogenated alkanes) is 3. The lowest BCUT2D eigenvalue weighted by Crippen LogP contribution is -2.11. The lowest BCUT2D eigenvalue weighted by molar-refractivity contribution is 0.112. The van der Waals surface area contributed by atoms with Gasteiger partial charge in [-0.3, -0.25) is 4.79 Å². The van der Waals surface area contributed by atoms with Gasteiger partial charge in [0, 0.05) is 11.6 Å². The van der Waals surface area contributed by atoms with E-state index in [1.54, 1.807) is 6.07 Å². The van der Waals surface area contributed by atoms with Crippen LogP contribution in [0, 0.1) is 5.82 Å². The number of carbonyl (C=O) groups is 1. The number of benzene rings is 1. The molecule has 1 aromatic carbocycles. The minimum absolute atomic E-state index is 0.0446. The zero-order chi connectivity index (χ0) is 13.4. The largest absolute Gasteiger partial charge is 0.491 e. The molecule has 0 saturated heterocycles. The van der Waals surface area contributed by atoms with E-state index in [4.69, 9.17) is 4.74 Å². The molecule has 0 aromatic heterocycles. The molecule has 0 heterocycles. The molecule has 3 heteroatoms. The average Bonchev–Trinajstić information content (AvgIpc) is 2.34. The van der Waals surface area contributed by atoms with Gasteiger partial charge in [0.2, 0.25) is 0 Å². The molecule has 1 atom stereocenters. The highest BCUT2D eigenvalue weighted by atomic mass is 19.1. The fourth-order valence-electron chi connectivity index (χ4n) is 1.87. The lowest BCUT2D eigenvalue weighted by atomic mass is 10.1. The van der Waals surface area contributed by atoms with Crippen LogP contribution >= 0.6 is 0 Å². The zero-order valence-electron chi connectivity index (χ0n) is 11.1. The van der Waals surface area contributed by atoms with E-state index in [-0.39, 0.29) is 6.10 Å². The van der Waals surface area contributed by atoms with Gasteiger partial charge in [0.05, 0.1) is 6.10 Å². The second-order valence-corrected chi connectivity index (χ2v) is 4.62. The third kappa shape index (κ3) is 5.30. The number of aldehydes is 1. The van der Waals surface area contributed by atoms with Crippen molar-refractivity contribution in [2.45, 2.75) is 52.1 Å². The monoisotopic (exact) mass is 252 g/mol. The van der Waals surface area contributed by atoms with Crippen LogP contribution in [0.2, 0.25) is 0 Å². The first-order valence-corrected chi connectivity index (χ1v) is 6.58. The first kappa shape index (κ1) is 14.7. The summed E-state index contributed by atoms with van der Waals surface area (Å²) in [5.41, 5.74) is 0.309. The maximum atomic E-state index is 13.2. The van der Waals surface area contributed by atoms with Gasteiger partial charge in [-0.1, -0.05) is 26.2 Å². The molecule has 100 valence electrons. The maximum Gasteiger partial charge on any atom is 0.150 e. The van der Waals surface area contributed by atoms with E-state index in [1.165, 1.54) is 31.4 Å². The highest BCUT2D eigenvalue weighted by Gasteiger charge is 2.06. The number of hydrogen-bond donors (Lipinski definition) is 0. The van der Waals surface area contributed by atoms with Gasteiger partial charge in [0.15, 0.2) is 0 Å². The summed E-state index contributed by atoms with van der Waals surface area (Å²) in [5.74, 6) is -0.00660. The molecule has 0 radical (unpaired) electrons. The number of hydrogen-bond acceptors (Lipinski definition) is 2. The minimum atomic E-state index is -0.437. The van der Waals surface area contributed by atoms with E-state index in [0.29, 0.717) is 17.6 Å². The second kappa shape index (κ2) is 7.85. The Morgan fingerprint density at radius 2 is 2.06 bits per heavy atom. The van der Waals surface area contributed by atoms with Crippen molar-refractivity contribution >= 4 is 6.29 Å². The molecule has 0 saturated carbocycles. The van der Waals surface area contributed by atoms with Gasteiger partial charge in [-0.25, -0.2) is 4.39 Å². The van der Waals surface area contributed by atoms with Crippen LogP contribution in [0.1, 0.15) is 56.3 Å². The van der Waals surface area contributed by atoms with Crippen molar-refractivity contribution in [3.05, 3.63) is 29.6 Å². The highest BCUT2D eigenvalue weighted by Crippen LogP contribution is 2.18. The summed E-state index contributed by atoms with van der Waals surface area (Å²) in [6, 6.07) is 4.08. The van der Waals surface area contributed by atoms with Gasteiger partial charge in [-0.2, -0.15) is 0 Å². The van der Waals surface area contributed by atoms with Crippen LogP contribution < -0.4 is 4.74 Å². The highest BCUT2D eigenvalue weighted by molar-refractivity contribution is 5.75. The summed E-state index contributed by atoms with van der Waals surface area (Å²) in [6.45, 7) is 4.14. The van der Waals surface area contributed by atoms with Crippen LogP contribution in [0.5, 0.6) is 5.75 Å². The SMILES string of the molecule is CCCCCCC(C)Oc1cc(F)cc(C=O)c1. The molecule has 1 unspecified atom stereocenters. The molecule has 1 aromatic rings. The van der Waals surface area contributed by atoms with Crippen molar-refractivity contribution in [1.29, 1.82) is 0 Å². The van der Waals surface area contributed by atoms with Gasteiger partial charge in [-0.15, -0.1) is 0 Å². The summed E-state index contributed by atoms with van der Waals surface area (Å²) in [5, 5.41) is 0. The first-order chi connectivity index (χ1) is 8.65. The fourth-order valence-corrected chi connectivity index (χ4v) is 1.87. The molecule has 2 nitrogen and oxygen atoms in total. The van der Waals surface area contributed by atoms with Crippen LogP contribution in [0.3, 0.4) is 0 Å². The minimum Gasteiger partial charge on any atom is -0.491 e. The van der Waals surface area contributed by atoms with Gasteiger partial charge < -0.3 is 4.74 Å². The maximum absolute atomic E-state index is 13.2. The van der Waals surface area contributed by atoms with E-state index in [1.807, 2.05) is 6.92 Å². The van der Waals surface area contributed by atoms with Crippen molar-refractivity contribution in [1.82, 2.24) is 0 Å². The number of rotatable bonds is 8. The van der Waals surface area contributed by atoms with Gasteiger partial charge in [-0.05, 0) is 31.9 Å². The van der Waals surface area contributed by atoms with E-state index >= 15 is 0 Å². The topological polar surface area (TPSA) is 26.3 Å². The number of ether oxygens (including phenoxy) is 1. The molecule has 0 aliphatic carbocycles. The molecule has 0 amide bonds. The Kier molecular flexibility index (Phi) is 6.40. The second-order valence-electron chi connectivity index (χ2n) is 4.62. The summed E-state index contributed by atoms with van der Waals surface area (Å²) in [4.78, 5) is 10.6. The average molecular weight is 252 g/mol. The van der Waals surface area contributed by atoms with Gasteiger partial charge >= 0.3 is 0 Å². The molecular formula is C15H21FO2. The van der Waals surface area contributed by atoms with Crippen molar-refractivity contribution in [2.75, 3.05) is 0 Å². The molecule has 0 N–H and O–H groups in total. The third-order valence-electron chi connectivity index (χ3n) is 2.83. The van der Waals surface area contributed by atoms with Crippen LogP contribution in [0.25, 0.3) is 0 Å². The fraction of sp³-hybridized carbons (Fsp3) is 0.533. The number of carbonyl (C=O) groups excluding carboxylic acids is 1. The van der Waals surface area contributed by atoms with Crippen molar-refractivity contribution in [3.63, 3.8) is 0 Å². The van der Waals surface area contributed by atoms with E-state index < -0.39 is 5.82 Å². The molecular weight excluding hydrogens is 231 g/mol. The molecule has 1 rings (SSSR count). The standard InChI is InChI=1S/C15H21FO2/c1-3-4-5-6-7-12(2)18-15-9-13(11-17)8-14(16)10-15/h8-12H,3-7H2,1-2H3. The molecule has 0 aliphatic rings. The predicted molar refractivity (Wildman–Crippen MR) is 70.6 cm³/mol. The summed E-state index contributed by atoms with van der Waals surface area (Å²) in [7, 11) is 0. The van der Waals surface area contributed by atoms with Gasteiger partial charge in [0.1, 0.15) is 17.9 Å². The van der Waals surface area contributed by atoms with Crippen LogP contribution in [-0.4, -0.2) is 12.4 Å². The Morgan fingerprint density at radius 3 is 2.72 bits per heavy atom. The smallest absolute Gasteiger partial charge is 0.150 e. The summed E-state index contributed by atoms with van der Waals surface area (Å²) < 4.78 is 18.8. The van der Waals surface area contributed by atoms with E-state index in [2.05, 4.69) is 6.92 Å². The summed E-state index contributed by atoms with van der Waals surface area (Å²) >= 11 is 0. The van der Waals surface area contributed by atoms with Crippen molar-refractivity contribution in [2.24, 2.45) is 0 Å². The first-order valence-electron chi connectivity index (χ1n) is 6.58. The van der Waals surface area contributed by atoms with Crippen molar-refractivity contribution in [3.8, 4) is 5.75 Å². The summed E-state index contributed by atoms with van der Waals surface area (Å²) in [6.07, 6.45) is 6.39. The molecule has 0 fully saturated rings. The predicted octanol–water partition coefficient (Wildman–Crippen LogP) is 4.38. The number of halogens is 1. The molecule has 18 heavy (non-hydrogen) atoms. The zero-order valence-corrected chi connectivity index (χ0v) is 11.1. The van der Waals surface area contributed by atoms with E-state index in [9.17, 15) is 9.18 Å². The Labute approximate surface area is 108 Å². The van der Waals surface area contributed by atoms with Crippen LogP contribution in [-0.2, 0) is 0 Å². The normalized spacial score (nSPS) is 12.2. The molecule has 0 bridgehead atoms. The third-order valence-corrected chi connectivity index (χ3v) is 2.83. The quantitative estimate of drug-likeness (QED) is 0.507. The Balaban J connectivity index is 2.45. The molecule has 0 aliphatic heterocycles. The van der Waals surface area contributed by atoms with Gasteiger partial charge in [0.25, 0.3) is 0 Å².